The lowest BCUT2D eigenvalue weighted by molar-refractivity contribution is -0.190. The van der Waals surface area contributed by atoms with Crippen LogP contribution < -0.4 is 19.7 Å². The van der Waals surface area contributed by atoms with Crippen molar-refractivity contribution in [3.63, 3.8) is 0 Å². The number of ether oxygens (including phenoxy) is 1. The van der Waals surface area contributed by atoms with Crippen LogP contribution in [0.15, 0.2) is 47.6 Å². The lowest BCUT2D eigenvalue weighted by Gasteiger charge is -2.40. The lowest BCUT2D eigenvalue weighted by atomic mass is 9.97. The van der Waals surface area contributed by atoms with Crippen molar-refractivity contribution >= 4 is 27.6 Å². The van der Waals surface area contributed by atoms with Crippen molar-refractivity contribution in [3.8, 4) is 11.7 Å². The average Bonchev–Trinajstić information content (AvgIpc) is 3.63. The van der Waals surface area contributed by atoms with Crippen molar-refractivity contribution in [2.24, 2.45) is 5.41 Å². The maximum Gasteiger partial charge on any atom is 0.394 e. The summed E-state index contributed by atoms with van der Waals surface area (Å²) < 4.78 is 75.2. The molecule has 3 aromatic heterocycles. The average molecular weight is 636 g/mol. The Balaban J connectivity index is 1.47. The van der Waals surface area contributed by atoms with Crippen molar-refractivity contribution < 1.29 is 31.1 Å². The second-order valence-corrected chi connectivity index (χ2v) is 13.4. The Kier molecular flexibility index (Phi) is 8.53. The van der Waals surface area contributed by atoms with E-state index >= 15 is 0 Å². The molecule has 4 heterocycles. The van der Waals surface area contributed by atoms with Gasteiger partial charge in [0.05, 0.1) is 17.6 Å². The van der Waals surface area contributed by atoms with Gasteiger partial charge in [0, 0.05) is 30.9 Å². The fraction of sp³-hybridized carbons (Fsp3) is 0.517. The van der Waals surface area contributed by atoms with Crippen LogP contribution in [0.1, 0.15) is 69.7 Å². The topological polar surface area (TPSA) is 131 Å². The number of nitrogens with one attached hydrogen (secondary N) is 2. The number of alkyl halides is 3. The number of sulfonamides is 1. The van der Waals surface area contributed by atoms with Crippen molar-refractivity contribution in [2.45, 2.75) is 76.0 Å². The first-order chi connectivity index (χ1) is 20.7. The summed E-state index contributed by atoms with van der Waals surface area (Å²) in [6, 6.07) is 9.07. The molecule has 15 heteroatoms. The number of aromatic nitrogens is 4. The lowest BCUT2D eigenvalue weighted by Crippen LogP contribution is -2.46. The van der Waals surface area contributed by atoms with Gasteiger partial charge in [-0.1, -0.05) is 13.0 Å². The number of fused-ring (bicyclic) bond motifs is 3. The van der Waals surface area contributed by atoms with Crippen LogP contribution in [0.3, 0.4) is 0 Å². The molecule has 1 aliphatic heterocycles. The zero-order valence-corrected chi connectivity index (χ0v) is 25.6. The highest BCUT2D eigenvalue weighted by atomic mass is 32.2. The summed E-state index contributed by atoms with van der Waals surface area (Å²) in [7, 11) is -4.31. The molecule has 1 aliphatic carbocycles. The summed E-state index contributed by atoms with van der Waals surface area (Å²) in [5.41, 5.74) is -2.08. The molecular formula is C29H36F3N7O4S. The van der Waals surface area contributed by atoms with E-state index in [4.69, 9.17) is 9.72 Å². The standard InChI is InChI=1S/C29H36F3N7O4S/c1-4-27(2,3)38-17-6-5-16-33-21-8-7-9-24(34-21)44(41,42)37-26(40)20-10-11-22(35-25(20)38)39-18-12-23(36-39)43-19-15-28(13-14-28)29(30,31)32/h7-12,18H,4-6,13-17,19H2,1-3H3,(H,33,34)(H,37,40). The SMILES string of the molecule is CCC(C)(C)N1CCCCNc2cccc(n2)S(=O)(=O)NC(=O)c2ccc(-n3ccc(OCCC4(C(F)(F)F)CC4)n3)nc21. The first-order valence-corrected chi connectivity index (χ1v) is 16.1. The molecule has 0 aromatic carbocycles. The summed E-state index contributed by atoms with van der Waals surface area (Å²) in [5, 5.41) is 7.18. The molecule has 0 unspecified atom stereocenters. The minimum absolute atomic E-state index is 0.0516. The van der Waals surface area contributed by atoms with Crippen molar-refractivity contribution in [1.82, 2.24) is 24.5 Å². The quantitative estimate of drug-likeness (QED) is 0.364. The number of pyridine rings is 2. The second kappa shape index (κ2) is 11.9. The van der Waals surface area contributed by atoms with Crippen LogP contribution in [0.4, 0.5) is 24.8 Å². The minimum Gasteiger partial charge on any atom is -0.477 e. The Bertz CT molecular complexity index is 1620. The number of hydrogen-bond donors (Lipinski definition) is 2. The predicted octanol–water partition coefficient (Wildman–Crippen LogP) is 5.09. The van der Waals surface area contributed by atoms with Gasteiger partial charge in [0.2, 0.25) is 5.88 Å². The molecule has 1 amide bonds. The number of halogens is 3. The third kappa shape index (κ3) is 6.61. The maximum atomic E-state index is 13.6. The number of anilines is 2. The Labute approximate surface area is 254 Å². The van der Waals surface area contributed by atoms with Crippen LogP contribution in [0.2, 0.25) is 0 Å². The van der Waals surface area contributed by atoms with Gasteiger partial charge < -0.3 is 15.0 Å². The van der Waals surface area contributed by atoms with Gasteiger partial charge in [-0.2, -0.15) is 21.6 Å². The van der Waals surface area contributed by atoms with Crippen molar-refractivity contribution in [3.05, 3.63) is 48.2 Å². The van der Waals surface area contributed by atoms with E-state index in [9.17, 15) is 26.4 Å². The number of amides is 1. The minimum atomic E-state index is -4.31. The van der Waals surface area contributed by atoms with Crippen LogP contribution in [0.5, 0.6) is 5.88 Å². The molecule has 0 spiro atoms. The van der Waals surface area contributed by atoms with Gasteiger partial charge in [-0.15, -0.1) is 5.10 Å². The molecule has 11 nitrogen and oxygen atoms in total. The molecule has 238 valence electrons. The molecule has 0 radical (unpaired) electrons. The molecule has 1 fully saturated rings. The number of rotatable bonds is 7. The monoisotopic (exact) mass is 635 g/mol. The second-order valence-electron chi connectivity index (χ2n) is 11.8. The molecule has 5 rings (SSSR count). The van der Waals surface area contributed by atoms with E-state index < -0.39 is 33.1 Å². The van der Waals surface area contributed by atoms with E-state index in [1.807, 2.05) is 25.7 Å². The van der Waals surface area contributed by atoms with Crippen LogP contribution in [-0.2, 0) is 10.0 Å². The predicted molar refractivity (Wildman–Crippen MR) is 158 cm³/mol. The molecular weight excluding hydrogens is 599 g/mol. The smallest absolute Gasteiger partial charge is 0.394 e. The fourth-order valence-corrected chi connectivity index (χ4v) is 5.96. The molecule has 0 saturated heterocycles. The molecule has 2 bridgehead atoms. The number of hydrogen-bond acceptors (Lipinski definition) is 9. The summed E-state index contributed by atoms with van der Waals surface area (Å²) >= 11 is 0. The summed E-state index contributed by atoms with van der Waals surface area (Å²) in [6.45, 7) is 7.00. The van der Waals surface area contributed by atoms with Crippen LogP contribution >= 0.6 is 0 Å². The zero-order chi connectivity index (χ0) is 31.8. The summed E-state index contributed by atoms with van der Waals surface area (Å²) in [4.78, 5) is 24.5. The molecule has 1 saturated carbocycles. The normalized spacial score (nSPS) is 18.4. The summed E-state index contributed by atoms with van der Waals surface area (Å²) in [5.74, 6) is 0.257. The Hall–Kier alpha value is -3.88. The highest BCUT2D eigenvalue weighted by molar-refractivity contribution is 7.90. The number of nitrogens with zero attached hydrogens (tertiary/aromatic N) is 5. The van der Waals surface area contributed by atoms with Gasteiger partial charge in [-0.25, -0.2) is 19.4 Å². The van der Waals surface area contributed by atoms with E-state index in [-0.39, 0.29) is 48.2 Å². The van der Waals surface area contributed by atoms with Gasteiger partial charge in [-0.3, -0.25) is 4.79 Å². The molecule has 44 heavy (non-hydrogen) atoms. The van der Waals surface area contributed by atoms with E-state index in [0.717, 1.165) is 12.8 Å². The highest BCUT2D eigenvalue weighted by Crippen LogP contribution is 2.59. The van der Waals surface area contributed by atoms with Gasteiger partial charge >= 0.3 is 6.18 Å². The first-order valence-electron chi connectivity index (χ1n) is 14.6. The van der Waals surface area contributed by atoms with Gasteiger partial charge in [0.1, 0.15) is 11.6 Å². The molecule has 2 N–H and O–H groups in total. The summed E-state index contributed by atoms with van der Waals surface area (Å²) in [6.07, 6.45) is -0.451. The fourth-order valence-electron chi connectivity index (χ4n) is 5.03. The number of carbonyl (C=O) groups excluding carboxylic acids is 1. The molecule has 3 aromatic rings. The van der Waals surface area contributed by atoms with Gasteiger partial charge in [0.15, 0.2) is 10.8 Å². The first kappa shape index (κ1) is 31.5. The van der Waals surface area contributed by atoms with Gasteiger partial charge in [0.25, 0.3) is 15.9 Å². The third-order valence-corrected chi connectivity index (χ3v) is 9.61. The Morgan fingerprint density at radius 1 is 1.07 bits per heavy atom. The highest BCUT2D eigenvalue weighted by Gasteiger charge is 2.62. The van der Waals surface area contributed by atoms with E-state index in [0.29, 0.717) is 31.1 Å². The van der Waals surface area contributed by atoms with E-state index in [1.165, 1.54) is 28.9 Å². The zero-order valence-electron chi connectivity index (χ0n) is 24.8. The largest absolute Gasteiger partial charge is 0.477 e. The van der Waals surface area contributed by atoms with E-state index in [1.54, 1.807) is 18.3 Å². The van der Waals surface area contributed by atoms with Crippen LogP contribution in [0.25, 0.3) is 5.82 Å². The van der Waals surface area contributed by atoms with Crippen LogP contribution in [-0.4, -0.2) is 65.5 Å². The van der Waals surface area contributed by atoms with E-state index in [2.05, 4.69) is 20.1 Å². The maximum absolute atomic E-state index is 13.6. The Morgan fingerprint density at radius 2 is 1.84 bits per heavy atom. The van der Waals surface area contributed by atoms with Crippen molar-refractivity contribution in [1.29, 1.82) is 0 Å². The molecule has 0 atom stereocenters. The van der Waals surface area contributed by atoms with Crippen LogP contribution in [0, 0.1) is 5.41 Å². The number of carbonyl (C=O) groups is 1. The molecule has 2 aliphatic rings. The van der Waals surface area contributed by atoms with Gasteiger partial charge in [-0.05, 0) is 76.6 Å². The van der Waals surface area contributed by atoms with Crippen molar-refractivity contribution in [2.75, 3.05) is 29.9 Å². The third-order valence-electron chi connectivity index (χ3n) is 8.38. The Morgan fingerprint density at radius 3 is 2.55 bits per heavy atom.